The van der Waals surface area contributed by atoms with Crippen LogP contribution in [0.25, 0.3) is 17.0 Å². The van der Waals surface area contributed by atoms with Crippen LogP contribution in [0.5, 0.6) is 0 Å². The lowest BCUT2D eigenvalue weighted by molar-refractivity contribution is 0.101. The highest BCUT2D eigenvalue weighted by Gasteiger charge is 2.18. The molecule has 7 heteroatoms. The Morgan fingerprint density at radius 1 is 1.04 bits per heavy atom. The smallest absolute Gasteiger partial charge is 0.184 e. The largest absolute Gasteiger partial charge is 0.461 e. The Morgan fingerprint density at radius 3 is 2.46 bits per heavy atom. The first-order valence-corrected chi connectivity index (χ1v) is 8.68. The van der Waals surface area contributed by atoms with Crippen LogP contribution in [0.2, 0.25) is 0 Å². The molecule has 0 unspecified atom stereocenters. The number of carbonyl (C=O) groups excluding carboxylic acids is 1. The van der Waals surface area contributed by atoms with E-state index in [1.54, 1.807) is 12.1 Å². The van der Waals surface area contributed by atoms with E-state index in [1.165, 1.54) is 23.9 Å². The molecule has 0 amide bonds. The average molecular weight is 376 g/mol. The first kappa shape index (κ1) is 17.7. The lowest BCUT2D eigenvalue weighted by Crippen LogP contribution is -2.01. The number of aryl methyl sites for hydroxylation is 1. The van der Waals surface area contributed by atoms with Crippen LogP contribution in [0, 0.1) is 12.7 Å². The van der Waals surface area contributed by atoms with Gasteiger partial charge in [0, 0.05) is 12.5 Å². The summed E-state index contributed by atoms with van der Waals surface area (Å²) in [6.07, 6.45) is 0. The minimum Gasteiger partial charge on any atom is -0.461 e. The molecule has 0 saturated heterocycles. The third kappa shape index (κ3) is 3.42. The number of Topliss-reactive ketones (excluding diaryl/α,β-unsaturated/α-hetero) is 1. The molecular formula is C21H17FN4O2. The predicted molar refractivity (Wildman–Crippen MR) is 103 cm³/mol. The SMILES string of the molecule is CC(=O)c1nn(-c2ccc(F)cc2)nc1Nc1ccccc1-c1ccc(C)o1. The Labute approximate surface area is 160 Å². The number of anilines is 2. The molecule has 0 aliphatic carbocycles. The predicted octanol–water partition coefficient (Wildman–Crippen LogP) is 4.92. The number of nitrogens with one attached hydrogen (secondary N) is 1. The van der Waals surface area contributed by atoms with Crippen molar-refractivity contribution in [3.05, 3.63) is 77.9 Å². The second-order valence-electron chi connectivity index (χ2n) is 6.30. The standard InChI is InChI=1S/C21H17FN4O2/c1-13-7-12-19(28-13)17-5-3-4-6-18(17)23-21-20(14(2)27)24-26(25-21)16-10-8-15(22)9-11-16/h3-12H,1-2H3,(H,23,25). The molecular weight excluding hydrogens is 359 g/mol. The van der Waals surface area contributed by atoms with Crippen molar-refractivity contribution in [3.63, 3.8) is 0 Å². The molecule has 0 atom stereocenters. The van der Waals surface area contributed by atoms with Crippen molar-refractivity contribution in [1.82, 2.24) is 15.0 Å². The van der Waals surface area contributed by atoms with Crippen molar-refractivity contribution < 1.29 is 13.6 Å². The summed E-state index contributed by atoms with van der Waals surface area (Å²) in [5.74, 6) is 1.23. The lowest BCUT2D eigenvalue weighted by Gasteiger charge is -2.08. The molecule has 0 aliphatic heterocycles. The quantitative estimate of drug-likeness (QED) is 0.501. The molecule has 2 heterocycles. The Balaban J connectivity index is 1.74. The molecule has 0 bridgehead atoms. The summed E-state index contributed by atoms with van der Waals surface area (Å²) in [4.78, 5) is 13.4. The number of aromatic nitrogens is 3. The number of nitrogens with zero attached hydrogens (tertiary/aromatic N) is 3. The fourth-order valence-corrected chi connectivity index (χ4v) is 2.83. The van der Waals surface area contributed by atoms with Crippen molar-refractivity contribution >= 4 is 17.3 Å². The third-order valence-electron chi connectivity index (χ3n) is 4.19. The Hall–Kier alpha value is -3.74. The van der Waals surface area contributed by atoms with Crippen LogP contribution < -0.4 is 5.32 Å². The molecule has 6 nitrogen and oxygen atoms in total. The first-order chi connectivity index (χ1) is 13.5. The molecule has 2 aromatic heterocycles. The zero-order valence-corrected chi connectivity index (χ0v) is 15.3. The summed E-state index contributed by atoms with van der Waals surface area (Å²) in [5, 5.41) is 11.8. The zero-order chi connectivity index (χ0) is 19.7. The molecule has 0 fully saturated rings. The number of para-hydroxylation sites is 1. The van der Waals surface area contributed by atoms with Crippen LogP contribution in [0.1, 0.15) is 23.2 Å². The van der Waals surface area contributed by atoms with E-state index in [0.717, 1.165) is 17.0 Å². The molecule has 28 heavy (non-hydrogen) atoms. The summed E-state index contributed by atoms with van der Waals surface area (Å²) in [7, 11) is 0. The lowest BCUT2D eigenvalue weighted by atomic mass is 10.1. The van der Waals surface area contributed by atoms with Crippen molar-refractivity contribution in [3.8, 4) is 17.0 Å². The molecule has 0 saturated carbocycles. The summed E-state index contributed by atoms with van der Waals surface area (Å²) in [5.41, 5.74) is 2.30. The van der Waals surface area contributed by atoms with Gasteiger partial charge in [0.15, 0.2) is 17.3 Å². The van der Waals surface area contributed by atoms with Gasteiger partial charge in [-0.3, -0.25) is 4.79 Å². The molecule has 0 radical (unpaired) electrons. The second-order valence-corrected chi connectivity index (χ2v) is 6.30. The third-order valence-corrected chi connectivity index (χ3v) is 4.19. The van der Waals surface area contributed by atoms with Gasteiger partial charge in [0.25, 0.3) is 0 Å². The van der Waals surface area contributed by atoms with Crippen molar-refractivity contribution in [2.75, 3.05) is 5.32 Å². The summed E-state index contributed by atoms with van der Waals surface area (Å²) < 4.78 is 18.9. The van der Waals surface area contributed by atoms with Gasteiger partial charge in [-0.25, -0.2) is 4.39 Å². The molecule has 4 rings (SSSR count). The van der Waals surface area contributed by atoms with Gasteiger partial charge in [-0.05, 0) is 55.5 Å². The number of ketones is 1. The molecule has 0 spiro atoms. The Bertz CT molecular complexity index is 1150. The second kappa shape index (κ2) is 7.11. The van der Waals surface area contributed by atoms with Crippen LogP contribution in [-0.2, 0) is 0 Å². The Morgan fingerprint density at radius 2 is 1.79 bits per heavy atom. The number of furan rings is 1. The van der Waals surface area contributed by atoms with Crippen molar-refractivity contribution in [1.29, 1.82) is 0 Å². The normalized spacial score (nSPS) is 10.8. The van der Waals surface area contributed by atoms with Crippen LogP contribution in [-0.4, -0.2) is 20.8 Å². The highest BCUT2D eigenvalue weighted by Crippen LogP contribution is 2.31. The highest BCUT2D eigenvalue weighted by atomic mass is 19.1. The average Bonchev–Trinajstić information content (AvgIpc) is 3.29. The zero-order valence-electron chi connectivity index (χ0n) is 15.3. The maximum Gasteiger partial charge on any atom is 0.184 e. The number of carbonyl (C=O) groups is 1. The fraction of sp³-hybridized carbons (Fsp3) is 0.0952. The van der Waals surface area contributed by atoms with Crippen molar-refractivity contribution in [2.24, 2.45) is 0 Å². The number of hydrogen-bond donors (Lipinski definition) is 1. The van der Waals surface area contributed by atoms with E-state index < -0.39 is 0 Å². The van der Waals surface area contributed by atoms with Gasteiger partial charge in [0.05, 0.1) is 11.4 Å². The van der Waals surface area contributed by atoms with Crippen LogP contribution in [0.15, 0.2) is 65.1 Å². The van der Waals surface area contributed by atoms with Gasteiger partial charge < -0.3 is 9.73 Å². The number of hydrogen-bond acceptors (Lipinski definition) is 5. The Kier molecular flexibility index (Phi) is 4.49. The van der Waals surface area contributed by atoms with Gasteiger partial charge in [0.1, 0.15) is 17.3 Å². The van der Waals surface area contributed by atoms with Crippen molar-refractivity contribution in [2.45, 2.75) is 13.8 Å². The van der Waals surface area contributed by atoms with E-state index >= 15 is 0 Å². The van der Waals surface area contributed by atoms with E-state index in [-0.39, 0.29) is 17.3 Å². The summed E-state index contributed by atoms with van der Waals surface area (Å²) in [6.45, 7) is 3.30. The van der Waals surface area contributed by atoms with E-state index in [1.807, 2.05) is 43.3 Å². The summed E-state index contributed by atoms with van der Waals surface area (Å²) in [6, 6.07) is 17.0. The molecule has 140 valence electrons. The molecule has 4 aromatic rings. The fourth-order valence-electron chi connectivity index (χ4n) is 2.83. The van der Waals surface area contributed by atoms with Gasteiger partial charge >= 0.3 is 0 Å². The van der Waals surface area contributed by atoms with E-state index in [9.17, 15) is 9.18 Å². The number of halogens is 1. The monoisotopic (exact) mass is 376 g/mol. The molecule has 0 aliphatic rings. The topological polar surface area (TPSA) is 73.0 Å². The highest BCUT2D eigenvalue weighted by molar-refractivity contribution is 5.97. The molecule has 1 N–H and O–H groups in total. The first-order valence-electron chi connectivity index (χ1n) is 8.68. The number of rotatable bonds is 5. The number of benzene rings is 2. The van der Waals surface area contributed by atoms with Crippen LogP contribution in [0.3, 0.4) is 0 Å². The minimum atomic E-state index is -0.358. The maximum absolute atomic E-state index is 13.2. The van der Waals surface area contributed by atoms with Crippen LogP contribution >= 0.6 is 0 Å². The summed E-state index contributed by atoms with van der Waals surface area (Å²) >= 11 is 0. The van der Waals surface area contributed by atoms with E-state index in [0.29, 0.717) is 17.3 Å². The van der Waals surface area contributed by atoms with E-state index in [4.69, 9.17) is 4.42 Å². The van der Waals surface area contributed by atoms with E-state index in [2.05, 4.69) is 15.5 Å². The van der Waals surface area contributed by atoms with Gasteiger partial charge in [0.2, 0.25) is 0 Å². The van der Waals surface area contributed by atoms with Gasteiger partial charge in [-0.2, -0.15) is 0 Å². The van der Waals surface area contributed by atoms with Gasteiger partial charge in [-0.1, -0.05) is 12.1 Å². The minimum absolute atomic E-state index is 0.190. The van der Waals surface area contributed by atoms with Gasteiger partial charge in [-0.15, -0.1) is 15.0 Å². The maximum atomic E-state index is 13.2. The van der Waals surface area contributed by atoms with Crippen LogP contribution in [0.4, 0.5) is 15.9 Å². The molecule has 2 aromatic carbocycles.